The summed E-state index contributed by atoms with van der Waals surface area (Å²) in [5.41, 5.74) is 7.86. The minimum Gasteiger partial charge on any atom is -0.494 e. The molecule has 1 saturated heterocycles. The molecule has 3 aromatic heterocycles. The number of carbonyl (C=O) groups is 1. The monoisotopic (exact) mass is 472 g/mol. The zero-order valence-corrected chi connectivity index (χ0v) is 19.9. The Morgan fingerprint density at radius 3 is 3.00 bits per heavy atom. The third-order valence-electron chi connectivity index (χ3n) is 7.20. The number of ether oxygens (including phenoxy) is 1. The van der Waals surface area contributed by atoms with Crippen molar-refractivity contribution < 1.29 is 14.6 Å². The molecule has 1 amide bonds. The summed E-state index contributed by atoms with van der Waals surface area (Å²) in [4.78, 5) is 18.9. The van der Waals surface area contributed by atoms with E-state index >= 15 is 0 Å². The second kappa shape index (κ2) is 8.49. The molecule has 1 aliphatic heterocycles. The first kappa shape index (κ1) is 21.8. The highest BCUT2D eigenvalue weighted by atomic mass is 16.5. The minimum absolute atomic E-state index is 0.0622. The number of rotatable bonds is 5. The van der Waals surface area contributed by atoms with Gasteiger partial charge < -0.3 is 14.7 Å². The van der Waals surface area contributed by atoms with Gasteiger partial charge in [-0.25, -0.2) is 4.98 Å². The highest BCUT2D eigenvalue weighted by Gasteiger charge is 2.30. The van der Waals surface area contributed by atoms with Crippen LogP contribution in [-0.4, -0.2) is 67.2 Å². The van der Waals surface area contributed by atoms with Gasteiger partial charge in [-0.3, -0.25) is 14.6 Å². The van der Waals surface area contributed by atoms with Crippen molar-refractivity contribution in [2.24, 2.45) is 0 Å². The van der Waals surface area contributed by atoms with Gasteiger partial charge in [0.2, 0.25) is 0 Å². The van der Waals surface area contributed by atoms with E-state index in [9.17, 15) is 9.90 Å². The van der Waals surface area contributed by atoms with Gasteiger partial charge in [-0.1, -0.05) is 18.2 Å². The summed E-state index contributed by atoms with van der Waals surface area (Å²) in [6.07, 6.45) is 6.87. The maximum Gasteiger partial charge on any atom is 0.251 e. The van der Waals surface area contributed by atoms with Crippen LogP contribution in [0.1, 0.15) is 36.9 Å². The van der Waals surface area contributed by atoms with Gasteiger partial charge in [0.25, 0.3) is 5.91 Å². The van der Waals surface area contributed by atoms with E-state index in [1.807, 2.05) is 16.9 Å². The van der Waals surface area contributed by atoms with E-state index in [1.165, 1.54) is 18.1 Å². The number of benzene rings is 1. The van der Waals surface area contributed by atoms with E-state index in [4.69, 9.17) is 9.72 Å². The molecule has 9 nitrogen and oxygen atoms in total. The SMILES string of the molecule is COc1cc2[nH]nc(-c3cnn(C4CCN(C(=O)C(C)O)C4)c3)c2nc1-c1cccc2c1CCC2. The number of aliphatic hydroxyl groups is 1. The second-order valence-corrected chi connectivity index (χ2v) is 9.42. The van der Waals surface area contributed by atoms with Gasteiger partial charge in [-0.05, 0) is 43.7 Å². The molecule has 2 atom stereocenters. The normalized spacial score (nSPS) is 18.3. The van der Waals surface area contributed by atoms with Crippen LogP contribution in [0.4, 0.5) is 0 Å². The average Bonchev–Trinajstić information content (AvgIpc) is 3.66. The van der Waals surface area contributed by atoms with E-state index in [-0.39, 0.29) is 11.9 Å². The first-order valence-electron chi connectivity index (χ1n) is 12.1. The Balaban J connectivity index is 1.36. The van der Waals surface area contributed by atoms with Crippen LogP contribution in [0.15, 0.2) is 36.7 Å². The number of nitrogens with zero attached hydrogens (tertiary/aromatic N) is 5. The van der Waals surface area contributed by atoms with Crippen molar-refractivity contribution in [2.75, 3.05) is 20.2 Å². The van der Waals surface area contributed by atoms with Gasteiger partial charge in [-0.15, -0.1) is 0 Å². The Hall–Kier alpha value is -3.72. The number of H-pyrrole nitrogens is 1. The van der Waals surface area contributed by atoms with Crippen molar-refractivity contribution in [3.05, 3.63) is 47.8 Å². The van der Waals surface area contributed by atoms with Crippen LogP contribution in [0.5, 0.6) is 5.75 Å². The number of hydrogen-bond donors (Lipinski definition) is 2. The lowest BCUT2D eigenvalue weighted by Gasteiger charge is -2.18. The average molecular weight is 473 g/mol. The van der Waals surface area contributed by atoms with E-state index < -0.39 is 6.10 Å². The van der Waals surface area contributed by atoms with Gasteiger partial charge in [0.1, 0.15) is 28.8 Å². The highest BCUT2D eigenvalue weighted by molar-refractivity contribution is 5.93. The van der Waals surface area contributed by atoms with E-state index in [1.54, 1.807) is 18.2 Å². The summed E-state index contributed by atoms with van der Waals surface area (Å²) >= 11 is 0. The van der Waals surface area contributed by atoms with Crippen LogP contribution in [0.3, 0.4) is 0 Å². The van der Waals surface area contributed by atoms with Crippen molar-refractivity contribution in [3.8, 4) is 28.3 Å². The predicted molar refractivity (Wildman–Crippen MR) is 131 cm³/mol. The molecule has 2 aliphatic rings. The summed E-state index contributed by atoms with van der Waals surface area (Å²) in [5, 5.41) is 21.8. The smallest absolute Gasteiger partial charge is 0.251 e. The quantitative estimate of drug-likeness (QED) is 0.462. The molecule has 6 rings (SSSR count). The summed E-state index contributed by atoms with van der Waals surface area (Å²) in [6, 6.07) is 8.45. The first-order chi connectivity index (χ1) is 17.0. The van der Waals surface area contributed by atoms with Crippen LogP contribution < -0.4 is 4.74 Å². The van der Waals surface area contributed by atoms with Gasteiger partial charge in [-0.2, -0.15) is 10.2 Å². The fraction of sp³-hybridized carbons (Fsp3) is 0.385. The summed E-state index contributed by atoms with van der Waals surface area (Å²) in [6.45, 7) is 2.65. The molecular weight excluding hydrogens is 444 g/mol. The van der Waals surface area contributed by atoms with E-state index in [0.29, 0.717) is 13.1 Å². The molecule has 4 heterocycles. The number of pyridine rings is 1. The molecule has 1 aliphatic carbocycles. The lowest BCUT2D eigenvalue weighted by atomic mass is 9.99. The van der Waals surface area contributed by atoms with Crippen LogP contribution in [0.2, 0.25) is 0 Å². The largest absolute Gasteiger partial charge is 0.494 e. The Morgan fingerprint density at radius 2 is 2.17 bits per heavy atom. The molecule has 2 N–H and O–H groups in total. The van der Waals surface area contributed by atoms with Crippen LogP contribution in [-0.2, 0) is 17.6 Å². The number of aromatic nitrogens is 5. The Kier molecular flexibility index (Phi) is 5.29. The predicted octanol–water partition coefficient (Wildman–Crippen LogP) is 3.14. The maximum atomic E-state index is 12.1. The molecule has 1 fully saturated rings. The minimum atomic E-state index is -0.986. The summed E-state index contributed by atoms with van der Waals surface area (Å²) < 4.78 is 7.61. The molecular formula is C26H28N6O3. The third-order valence-corrected chi connectivity index (χ3v) is 7.20. The summed E-state index contributed by atoms with van der Waals surface area (Å²) in [5.74, 6) is 0.480. The van der Waals surface area contributed by atoms with Gasteiger partial charge >= 0.3 is 0 Å². The zero-order chi connectivity index (χ0) is 24.1. The first-order valence-corrected chi connectivity index (χ1v) is 12.1. The fourth-order valence-corrected chi connectivity index (χ4v) is 5.40. The molecule has 1 aromatic carbocycles. The van der Waals surface area contributed by atoms with Crippen molar-refractivity contribution in [3.63, 3.8) is 0 Å². The van der Waals surface area contributed by atoms with Crippen LogP contribution in [0.25, 0.3) is 33.5 Å². The number of hydrogen-bond acceptors (Lipinski definition) is 6. The van der Waals surface area contributed by atoms with E-state index in [0.717, 1.165) is 65.0 Å². The van der Waals surface area contributed by atoms with Gasteiger partial charge in [0.15, 0.2) is 0 Å². The number of aliphatic hydroxyl groups excluding tert-OH is 1. The Labute approximate surface area is 202 Å². The lowest BCUT2D eigenvalue weighted by Crippen LogP contribution is -2.36. The number of carbonyl (C=O) groups excluding carboxylic acids is 1. The highest BCUT2D eigenvalue weighted by Crippen LogP contribution is 2.39. The fourth-order valence-electron chi connectivity index (χ4n) is 5.40. The number of fused-ring (bicyclic) bond motifs is 2. The van der Waals surface area contributed by atoms with E-state index in [2.05, 4.69) is 33.5 Å². The molecule has 2 unspecified atom stereocenters. The molecule has 180 valence electrons. The number of methoxy groups -OCH3 is 1. The lowest BCUT2D eigenvalue weighted by molar-refractivity contribution is -0.138. The van der Waals surface area contributed by atoms with Crippen LogP contribution in [0, 0.1) is 0 Å². The molecule has 0 bridgehead atoms. The van der Waals surface area contributed by atoms with Crippen molar-refractivity contribution >= 4 is 16.9 Å². The summed E-state index contributed by atoms with van der Waals surface area (Å²) in [7, 11) is 1.67. The van der Waals surface area contributed by atoms with Crippen molar-refractivity contribution in [1.82, 2.24) is 29.9 Å². The molecule has 4 aromatic rings. The maximum absolute atomic E-state index is 12.1. The second-order valence-electron chi connectivity index (χ2n) is 9.42. The molecule has 0 saturated carbocycles. The number of nitrogens with one attached hydrogen (secondary N) is 1. The van der Waals surface area contributed by atoms with Gasteiger partial charge in [0.05, 0.1) is 24.9 Å². The molecule has 0 spiro atoms. The zero-order valence-electron chi connectivity index (χ0n) is 19.9. The Bertz CT molecular complexity index is 1420. The number of amides is 1. The van der Waals surface area contributed by atoms with Crippen molar-refractivity contribution in [2.45, 2.75) is 44.8 Å². The molecule has 0 radical (unpaired) electrons. The Morgan fingerprint density at radius 1 is 1.29 bits per heavy atom. The number of likely N-dealkylation sites (tertiary alicyclic amines) is 1. The molecule has 35 heavy (non-hydrogen) atoms. The standard InChI is InChI=1S/C26H28N6O3/c1-15(33)26(34)31-10-9-18(14-31)32-13-17(12-27-32)23-25-21(29-30-23)11-22(35-2)24(28-25)20-8-4-6-16-5-3-7-19(16)20/h4,6,8,11-13,15,18,33H,3,5,7,9-10,14H2,1-2H3,(H,29,30). The number of aromatic amines is 1. The number of aryl methyl sites for hydroxylation is 1. The third kappa shape index (κ3) is 3.67. The topological polar surface area (TPSA) is 109 Å². The van der Waals surface area contributed by atoms with Crippen LogP contribution >= 0.6 is 0 Å². The van der Waals surface area contributed by atoms with Crippen molar-refractivity contribution in [1.29, 1.82) is 0 Å². The molecule has 9 heteroatoms. The van der Waals surface area contributed by atoms with Gasteiger partial charge in [0, 0.05) is 36.5 Å².